The van der Waals surface area contributed by atoms with Crippen molar-refractivity contribution in [3.63, 3.8) is 0 Å². The molecule has 0 aromatic heterocycles. The average Bonchev–Trinajstić information content (AvgIpc) is 2.16. The molecule has 0 aliphatic carbocycles. The molecule has 0 spiro atoms. The molecule has 76 valence electrons. The largest absolute Gasteiger partial charge is 0.330 e. The zero-order valence-corrected chi connectivity index (χ0v) is 8.76. The summed E-state index contributed by atoms with van der Waals surface area (Å²) >= 11 is 0. The molecule has 0 unspecified atom stereocenters. The standard InChI is InChI=1S/C11H22N2/c1-3-10-13(4-2)11-8-6-5-7-9-12/h1H,4-12H2,2H3. The third-order valence-corrected chi connectivity index (χ3v) is 2.19. The van der Waals surface area contributed by atoms with Crippen LogP contribution in [0.3, 0.4) is 0 Å². The Morgan fingerprint density at radius 3 is 2.46 bits per heavy atom. The van der Waals surface area contributed by atoms with Gasteiger partial charge in [0.15, 0.2) is 0 Å². The SMILES string of the molecule is C#CCN(CC)CCCCCCN. The van der Waals surface area contributed by atoms with E-state index in [9.17, 15) is 0 Å². The first kappa shape index (κ1) is 12.5. The number of rotatable bonds is 8. The minimum atomic E-state index is 0.785. The molecular formula is C11H22N2. The fraction of sp³-hybridized carbons (Fsp3) is 0.818. The molecule has 0 aliphatic heterocycles. The van der Waals surface area contributed by atoms with Crippen LogP contribution in [0.2, 0.25) is 0 Å². The molecule has 0 amide bonds. The normalized spacial score (nSPS) is 10.3. The predicted molar refractivity (Wildman–Crippen MR) is 58.5 cm³/mol. The van der Waals surface area contributed by atoms with Crippen LogP contribution < -0.4 is 5.73 Å². The van der Waals surface area contributed by atoms with Gasteiger partial charge in [0.25, 0.3) is 0 Å². The summed E-state index contributed by atoms with van der Waals surface area (Å²) in [6, 6.07) is 0. The molecule has 0 saturated heterocycles. The maximum absolute atomic E-state index is 5.41. The van der Waals surface area contributed by atoms with Crippen molar-refractivity contribution in [2.45, 2.75) is 32.6 Å². The number of terminal acetylenes is 1. The van der Waals surface area contributed by atoms with Crippen molar-refractivity contribution in [3.05, 3.63) is 0 Å². The maximum Gasteiger partial charge on any atom is 0.0598 e. The summed E-state index contributed by atoms with van der Waals surface area (Å²) in [6.07, 6.45) is 10.2. The second kappa shape index (κ2) is 9.57. The molecular weight excluding hydrogens is 160 g/mol. The summed E-state index contributed by atoms with van der Waals surface area (Å²) in [6.45, 7) is 5.94. The molecule has 0 radical (unpaired) electrons. The first-order valence-corrected chi connectivity index (χ1v) is 5.21. The van der Waals surface area contributed by atoms with Crippen molar-refractivity contribution in [3.8, 4) is 12.3 Å². The summed E-state index contributed by atoms with van der Waals surface area (Å²) in [5.41, 5.74) is 5.41. The Bertz CT molecular complexity index is 138. The molecule has 2 heteroatoms. The van der Waals surface area contributed by atoms with Crippen molar-refractivity contribution in [2.24, 2.45) is 5.73 Å². The summed E-state index contributed by atoms with van der Waals surface area (Å²) in [7, 11) is 0. The Morgan fingerprint density at radius 2 is 1.92 bits per heavy atom. The molecule has 0 atom stereocenters. The average molecular weight is 182 g/mol. The van der Waals surface area contributed by atoms with Crippen LogP contribution >= 0.6 is 0 Å². The fourth-order valence-electron chi connectivity index (χ4n) is 1.31. The second-order valence-electron chi connectivity index (χ2n) is 3.28. The van der Waals surface area contributed by atoms with E-state index in [4.69, 9.17) is 12.2 Å². The monoisotopic (exact) mass is 182 g/mol. The van der Waals surface area contributed by atoms with Gasteiger partial charge in [-0.1, -0.05) is 25.7 Å². The van der Waals surface area contributed by atoms with E-state index in [1.54, 1.807) is 0 Å². The van der Waals surface area contributed by atoms with Crippen LogP contribution in [-0.4, -0.2) is 31.1 Å². The lowest BCUT2D eigenvalue weighted by Gasteiger charge is -2.16. The van der Waals surface area contributed by atoms with E-state index in [-0.39, 0.29) is 0 Å². The fourth-order valence-corrected chi connectivity index (χ4v) is 1.31. The first-order chi connectivity index (χ1) is 6.35. The second-order valence-corrected chi connectivity index (χ2v) is 3.28. The summed E-state index contributed by atoms with van der Waals surface area (Å²) in [5.74, 6) is 2.68. The van der Waals surface area contributed by atoms with Gasteiger partial charge in [-0.25, -0.2) is 0 Å². The molecule has 0 aliphatic rings. The molecule has 13 heavy (non-hydrogen) atoms. The van der Waals surface area contributed by atoms with Gasteiger partial charge in [-0.2, -0.15) is 0 Å². The van der Waals surface area contributed by atoms with Crippen LogP contribution in [-0.2, 0) is 0 Å². The van der Waals surface area contributed by atoms with E-state index in [2.05, 4.69) is 17.7 Å². The molecule has 0 aromatic carbocycles. The van der Waals surface area contributed by atoms with Gasteiger partial charge < -0.3 is 5.73 Å². The van der Waals surface area contributed by atoms with Gasteiger partial charge in [0.05, 0.1) is 6.54 Å². The topological polar surface area (TPSA) is 29.3 Å². The zero-order chi connectivity index (χ0) is 9.94. The Balaban J connectivity index is 3.23. The van der Waals surface area contributed by atoms with Crippen molar-refractivity contribution in [1.82, 2.24) is 4.90 Å². The highest BCUT2D eigenvalue weighted by Crippen LogP contribution is 2.00. The van der Waals surface area contributed by atoms with E-state index in [1.807, 2.05) is 0 Å². The Kier molecular flexibility index (Phi) is 9.18. The van der Waals surface area contributed by atoms with E-state index >= 15 is 0 Å². The lowest BCUT2D eigenvalue weighted by molar-refractivity contribution is 0.314. The molecule has 0 aromatic rings. The minimum absolute atomic E-state index is 0.785. The highest BCUT2D eigenvalue weighted by Gasteiger charge is 1.98. The highest BCUT2D eigenvalue weighted by molar-refractivity contribution is 4.87. The van der Waals surface area contributed by atoms with Gasteiger partial charge in [0, 0.05) is 0 Å². The van der Waals surface area contributed by atoms with Gasteiger partial charge in [-0.3, -0.25) is 4.90 Å². The van der Waals surface area contributed by atoms with Crippen LogP contribution in [0.25, 0.3) is 0 Å². The van der Waals surface area contributed by atoms with Gasteiger partial charge in [-0.15, -0.1) is 6.42 Å². The van der Waals surface area contributed by atoms with Crippen molar-refractivity contribution >= 4 is 0 Å². The molecule has 2 nitrogen and oxygen atoms in total. The summed E-state index contributed by atoms with van der Waals surface area (Å²) in [5, 5.41) is 0. The van der Waals surface area contributed by atoms with Crippen LogP contribution in [0, 0.1) is 12.3 Å². The van der Waals surface area contributed by atoms with Crippen LogP contribution in [0.4, 0.5) is 0 Å². The van der Waals surface area contributed by atoms with E-state index in [1.165, 1.54) is 19.3 Å². The highest BCUT2D eigenvalue weighted by atomic mass is 15.1. The number of nitrogens with two attached hydrogens (primary N) is 1. The van der Waals surface area contributed by atoms with Gasteiger partial charge in [-0.05, 0) is 32.5 Å². The molecule has 2 N–H and O–H groups in total. The van der Waals surface area contributed by atoms with Crippen molar-refractivity contribution < 1.29 is 0 Å². The lowest BCUT2D eigenvalue weighted by Crippen LogP contribution is -2.24. The molecule has 0 saturated carbocycles. The lowest BCUT2D eigenvalue weighted by atomic mass is 10.2. The number of nitrogens with zero attached hydrogens (tertiary/aromatic N) is 1. The van der Waals surface area contributed by atoms with Crippen LogP contribution in [0.15, 0.2) is 0 Å². The molecule has 0 bridgehead atoms. The van der Waals surface area contributed by atoms with Gasteiger partial charge in [0.2, 0.25) is 0 Å². The molecule has 0 heterocycles. The third-order valence-electron chi connectivity index (χ3n) is 2.19. The summed E-state index contributed by atoms with van der Waals surface area (Å²) < 4.78 is 0. The van der Waals surface area contributed by atoms with Crippen LogP contribution in [0.5, 0.6) is 0 Å². The number of unbranched alkanes of at least 4 members (excludes halogenated alkanes) is 3. The zero-order valence-electron chi connectivity index (χ0n) is 8.76. The Hall–Kier alpha value is -0.520. The quantitative estimate of drug-likeness (QED) is 0.455. The summed E-state index contributed by atoms with van der Waals surface area (Å²) in [4.78, 5) is 2.29. The van der Waals surface area contributed by atoms with E-state index < -0.39 is 0 Å². The number of hydrogen-bond donors (Lipinski definition) is 1. The van der Waals surface area contributed by atoms with Crippen molar-refractivity contribution in [1.29, 1.82) is 0 Å². The van der Waals surface area contributed by atoms with Gasteiger partial charge in [0.1, 0.15) is 0 Å². The van der Waals surface area contributed by atoms with Crippen molar-refractivity contribution in [2.75, 3.05) is 26.2 Å². The van der Waals surface area contributed by atoms with E-state index in [0.717, 1.165) is 32.6 Å². The minimum Gasteiger partial charge on any atom is -0.330 e. The third kappa shape index (κ3) is 7.83. The molecule has 0 fully saturated rings. The van der Waals surface area contributed by atoms with Crippen LogP contribution in [0.1, 0.15) is 32.6 Å². The maximum atomic E-state index is 5.41. The van der Waals surface area contributed by atoms with Gasteiger partial charge >= 0.3 is 0 Å². The predicted octanol–water partition coefficient (Wildman–Crippen LogP) is 1.46. The first-order valence-electron chi connectivity index (χ1n) is 5.21. The Morgan fingerprint density at radius 1 is 1.23 bits per heavy atom. The number of hydrogen-bond acceptors (Lipinski definition) is 2. The smallest absolute Gasteiger partial charge is 0.0598 e. The van der Waals surface area contributed by atoms with E-state index in [0.29, 0.717) is 0 Å². The Labute approximate surface area is 82.5 Å². The molecule has 0 rings (SSSR count).